The number of aryl methyl sites for hydroxylation is 1. The van der Waals surface area contributed by atoms with Crippen molar-refractivity contribution in [1.29, 1.82) is 0 Å². The topological polar surface area (TPSA) is 71.1 Å². The molecular formula is C20H16ClN3O2. The molecule has 6 heteroatoms. The molecule has 2 N–H and O–H groups in total. The zero-order valence-electron chi connectivity index (χ0n) is 14.0. The van der Waals surface area contributed by atoms with Gasteiger partial charge in [-0.1, -0.05) is 35.9 Å². The van der Waals surface area contributed by atoms with Crippen LogP contribution in [-0.2, 0) is 0 Å². The lowest BCUT2D eigenvalue weighted by atomic mass is 10.2. The van der Waals surface area contributed by atoms with Crippen LogP contribution in [0, 0.1) is 6.92 Å². The smallest absolute Gasteiger partial charge is 0.274 e. The van der Waals surface area contributed by atoms with Crippen LogP contribution in [0.1, 0.15) is 26.5 Å². The number of carbonyl (C=O) groups excluding carboxylic acids is 2. The molecule has 0 fully saturated rings. The molecule has 1 aromatic heterocycles. The first-order valence-electron chi connectivity index (χ1n) is 7.94. The van der Waals surface area contributed by atoms with Crippen LogP contribution in [-0.4, -0.2) is 16.8 Å². The number of nitrogens with zero attached hydrogens (tertiary/aromatic N) is 1. The van der Waals surface area contributed by atoms with Crippen LogP contribution >= 0.6 is 11.6 Å². The van der Waals surface area contributed by atoms with Crippen molar-refractivity contribution in [3.8, 4) is 0 Å². The maximum atomic E-state index is 12.4. The minimum absolute atomic E-state index is 0.150. The second-order valence-corrected chi connectivity index (χ2v) is 6.07. The van der Waals surface area contributed by atoms with Gasteiger partial charge < -0.3 is 10.6 Å². The van der Waals surface area contributed by atoms with Gasteiger partial charge in [0.05, 0.1) is 0 Å². The minimum atomic E-state index is -0.405. The molecule has 0 aliphatic heterocycles. The van der Waals surface area contributed by atoms with Gasteiger partial charge in [0.2, 0.25) is 0 Å². The summed E-state index contributed by atoms with van der Waals surface area (Å²) in [6.45, 7) is 1.90. The molecule has 2 aromatic carbocycles. The molecule has 2 amide bonds. The fraction of sp³-hybridized carbons (Fsp3) is 0.0500. The molecule has 0 unspecified atom stereocenters. The Bertz CT molecular complexity index is 955. The number of amides is 2. The molecule has 0 radical (unpaired) electrons. The van der Waals surface area contributed by atoms with E-state index >= 15 is 0 Å². The predicted molar refractivity (Wildman–Crippen MR) is 103 cm³/mol. The van der Waals surface area contributed by atoms with Crippen molar-refractivity contribution < 1.29 is 9.59 Å². The third-order valence-corrected chi connectivity index (χ3v) is 3.96. The second kappa shape index (κ2) is 7.80. The number of hydrogen-bond acceptors (Lipinski definition) is 3. The average Bonchev–Trinajstić information content (AvgIpc) is 2.65. The van der Waals surface area contributed by atoms with Crippen LogP contribution in [0.4, 0.5) is 11.4 Å². The van der Waals surface area contributed by atoms with Crippen molar-refractivity contribution >= 4 is 34.8 Å². The summed E-state index contributed by atoms with van der Waals surface area (Å²) in [5.74, 6) is -0.779. The maximum absolute atomic E-state index is 12.4. The van der Waals surface area contributed by atoms with E-state index in [-0.39, 0.29) is 17.3 Å². The van der Waals surface area contributed by atoms with E-state index in [0.29, 0.717) is 16.4 Å². The largest absolute Gasteiger partial charge is 0.321 e. The summed E-state index contributed by atoms with van der Waals surface area (Å²) >= 11 is 5.83. The van der Waals surface area contributed by atoms with Gasteiger partial charge in [-0.2, -0.15) is 0 Å². The highest BCUT2D eigenvalue weighted by atomic mass is 35.5. The molecule has 0 aliphatic carbocycles. The standard InChI is InChI=1S/C20H16ClN3O2/c1-13-5-2-3-6-16(13)24-20(26)18-8-4-7-17(23-18)19(25)22-15-11-9-14(21)10-12-15/h2-12H,1H3,(H,22,25)(H,24,26). The van der Waals surface area contributed by atoms with E-state index in [9.17, 15) is 9.59 Å². The zero-order chi connectivity index (χ0) is 18.5. The van der Waals surface area contributed by atoms with Gasteiger partial charge in [-0.25, -0.2) is 4.98 Å². The third kappa shape index (κ3) is 4.26. The van der Waals surface area contributed by atoms with Gasteiger partial charge in [0.25, 0.3) is 11.8 Å². The lowest BCUT2D eigenvalue weighted by molar-refractivity contribution is 0.101. The number of rotatable bonds is 4. The molecule has 0 saturated carbocycles. The Morgan fingerprint density at radius 2 is 1.42 bits per heavy atom. The molecule has 0 spiro atoms. The number of pyridine rings is 1. The van der Waals surface area contributed by atoms with Crippen LogP contribution in [0.3, 0.4) is 0 Å². The molecule has 0 bridgehead atoms. The van der Waals surface area contributed by atoms with Gasteiger partial charge in [-0.3, -0.25) is 9.59 Å². The van der Waals surface area contributed by atoms with Gasteiger partial charge in [0, 0.05) is 16.4 Å². The zero-order valence-corrected chi connectivity index (χ0v) is 14.7. The molecule has 130 valence electrons. The van der Waals surface area contributed by atoms with E-state index in [2.05, 4.69) is 15.6 Å². The molecule has 5 nitrogen and oxygen atoms in total. The van der Waals surface area contributed by atoms with E-state index in [1.54, 1.807) is 42.5 Å². The van der Waals surface area contributed by atoms with Crippen LogP contribution in [0.5, 0.6) is 0 Å². The normalized spacial score (nSPS) is 10.2. The van der Waals surface area contributed by atoms with Crippen molar-refractivity contribution in [1.82, 2.24) is 4.98 Å². The third-order valence-electron chi connectivity index (χ3n) is 3.71. The number of anilines is 2. The number of hydrogen-bond donors (Lipinski definition) is 2. The molecule has 3 rings (SSSR count). The van der Waals surface area contributed by atoms with E-state index in [4.69, 9.17) is 11.6 Å². The Balaban J connectivity index is 1.75. The van der Waals surface area contributed by atoms with E-state index in [0.717, 1.165) is 5.56 Å². The van der Waals surface area contributed by atoms with Crippen LogP contribution in [0.15, 0.2) is 66.7 Å². The first-order chi connectivity index (χ1) is 12.5. The molecule has 26 heavy (non-hydrogen) atoms. The van der Waals surface area contributed by atoms with Crippen molar-refractivity contribution in [3.63, 3.8) is 0 Å². The molecule has 0 aliphatic rings. The number of para-hydroxylation sites is 1. The summed E-state index contributed by atoms with van der Waals surface area (Å²) in [5.41, 5.74) is 2.55. The van der Waals surface area contributed by atoms with Crippen LogP contribution < -0.4 is 10.6 Å². The Morgan fingerprint density at radius 1 is 0.808 bits per heavy atom. The van der Waals surface area contributed by atoms with Gasteiger partial charge in [0.1, 0.15) is 11.4 Å². The van der Waals surface area contributed by atoms with Gasteiger partial charge >= 0.3 is 0 Å². The van der Waals surface area contributed by atoms with Gasteiger partial charge in [0.15, 0.2) is 0 Å². The first-order valence-corrected chi connectivity index (χ1v) is 8.32. The quantitative estimate of drug-likeness (QED) is 0.712. The monoisotopic (exact) mass is 365 g/mol. The number of aromatic nitrogens is 1. The highest BCUT2D eigenvalue weighted by molar-refractivity contribution is 6.30. The van der Waals surface area contributed by atoms with Crippen LogP contribution in [0.25, 0.3) is 0 Å². The van der Waals surface area contributed by atoms with Crippen LogP contribution in [0.2, 0.25) is 5.02 Å². The number of nitrogens with one attached hydrogen (secondary N) is 2. The Morgan fingerprint density at radius 3 is 2.08 bits per heavy atom. The highest BCUT2D eigenvalue weighted by Gasteiger charge is 2.13. The number of halogens is 1. The van der Waals surface area contributed by atoms with Crippen molar-refractivity contribution in [2.75, 3.05) is 10.6 Å². The lowest BCUT2D eigenvalue weighted by Crippen LogP contribution is -2.18. The molecule has 0 atom stereocenters. The minimum Gasteiger partial charge on any atom is -0.321 e. The summed E-state index contributed by atoms with van der Waals surface area (Å²) in [6.07, 6.45) is 0. The lowest BCUT2D eigenvalue weighted by Gasteiger charge is -2.09. The van der Waals surface area contributed by atoms with Crippen molar-refractivity contribution in [2.24, 2.45) is 0 Å². The van der Waals surface area contributed by atoms with Crippen molar-refractivity contribution in [3.05, 3.63) is 88.7 Å². The van der Waals surface area contributed by atoms with Crippen molar-refractivity contribution in [2.45, 2.75) is 6.92 Å². The molecule has 3 aromatic rings. The summed E-state index contributed by atoms with van der Waals surface area (Å²) in [4.78, 5) is 28.9. The first kappa shape index (κ1) is 17.6. The van der Waals surface area contributed by atoms with Gasteiger partial charge in [-0.15, -0.1) is 0 Å². The Labute approximate surface area is 156 Å². The molecule has 1 heterocycles. The fourth-order valence-electron chi connectivity index (χ4n) is 2.32. The number of benzene rings is 2. The second-order valence-electron chi connectivity index (χ2n) is 5.64. The molecular weight excluding hydrogens is 350 g/mol. The number of carbonyl (C=O) groups is 2. The maximum Gasteiger partial charge on any atom is 0.274 e. The average molecular weight is 366 g/mol. The Kier molecular flexibility index (Phi) is 5.29. The summed E-state index contributed by atoms with van der Waals surface area (Å²) in [5, 5.41) is 6.10. The predicted octanol–water partition coefficient (Wildman–Crippen LogP) is 4.55. The molecule has 0 saturated heterocycles. The summed E-state index contributed by atoms with van der Waals surface area (Å²) < 4.78 is 0. The Hall–Kier alpha value is -3.18. The SMILES string of the molecule is Cc1ccccc1NC(=O)c1cccc(C(=O)Nc2ccc(Cl)cc2)n1. The fourth-order valence-corrected chi connectivity index (χ4v) is 2.44. The van der Waals surface area contributed by atoms with E-state index in [1.807, 2.05) is 31.2 Å². The summed E-state index contributed by atoms with van der Waals surface area (Å²) in [6, 6.07) is 18.9. The summed E-state index contributed by atoms with van der Waals surface area (Å²) in [7, 11) is 0. The highest BCUT2D eigenvalue weighted by Crippen LogP contribution is 2.16. The van der Waals surface area contributed by atoms with E-state index < -0.39 is 5.91 Å². The van der Waals surface area contributed by atoms with Gasteiger partial charge in [-0.05, 0) is 55.0 Å². The van der Waals surface area contributed by atoms with E-state index in [1.165, 1.54) is 0 Å².